The van der Waals surface area contributed by atoms with Crippen molar-refractivity contribution in [3.63, 3.8) is 0 Å². The zero-order valence-corrected chi connectivity index (χ0v) is 11.5. The largest absolute Gasteiger partial charge is 0.370 e. The maximum atomic E-state index is 10.9. The molecule has 104 valence electrons. The normalized spacial score (nSPS) is 14.8. The van der Waals surface area contributed by atoms with Gasteiger partial charge in [-0.15, -0.1) is 0 Å². The number of aromatic nitrogens is 2. The van der Waals surface area contributed by atoms with Gasteiger partial charge in [-0.2, -0.15) is 0 Å². The van der Waals surface area contributed by atoms with Crippen LogP contribution in [0.2, 0.25) is 0 Å². The summed E-state index contributed by atoms with van der Waals surface area (Å²) in [4.78, 5) is 19.2. The quantitative estimate of drug-likeness (QED) is 0.753. The third-order valence-corrected chi connectivity index (χ3v) is 3.53. The van der Waals surface area contributed by atoms with Crippen LogP contribution < -0.4 is 10.6 Å². The first-order valence-electron chi connectivity index (χ1n) is 7.03. The van der Waals surface area contributed by atoms with Gasteiger partial charge in [0, 0.05) is 25.6 Å². The summed E-state index contributed by atoms with van der Waals surface area (Å²) >= 11 is 0. The first-order valence-corrected chi connectivity index (χ1v) is 7.03. The second kappa shape index (κ2) is 7.07. The third kappa shape index (κ3) is 4.85. The maximum absolute atomic E-state index is 10.9. The van der Waals surface area contributed by atoms with E-state index in [9.17, 15) is 4.79 Å². The Morgan fingerprint density at radius 1 is 1.26 bits per heavy atom. The van der Waals surface area contributed by atoms with Crippen molar-refractivity contribution >= 4 is 17.4 Å². The van der Waals surface area contributed by atoms with Crippen LogP contribution in [0.25, 0.3) is 0 Å². The van der Waals surface area contributed by atoms with Crippen molar-refractivity contribution in [2.45, 2.75) is 39.0 Å². The van der Waals surface area contributed by atoms with Gasteiger partial charge in [0.25, 0.3) is 0 Å². The van der Waals surface area contributed by atoms with E-state index in [-0.39, 0.29) is 5.78 Å². The standard InChI is InChI=1S/C14H22N4O/c1-11(19)5-7-15-13-9-14(18-10-17-13)16-8-6-12-3-2-4-12/h9-10,12H,2-8H2,1H3,(H2,15,16,17,18). The summed E-state index contributed by atoms with van der Waals surface area (Å²) in [6, 6.07) is 1.89. The summed E-state index contributed by atoms with van der Waals surface area (Å²) in [6.45, 7) is 3.18. The second-order valence-electron chi connectivity index (χ2n) is 5.18. The Balaban J connectivity index is 1.72. The zero-order chi connectivity index (χ0) is 13.5. The molecule has 1 aromatic heterocycles. The Hall–Kier alpha value is -1.65. The molecular weight excluding hydrogens is 240 g/mol. The lowest BCUT2D eigenvalue weighted by atomic mass is 9.83. The molecule has 19 heavy (non-hydrogen) atoms. The van der Waals surface area contributed by atoms with Crippen LogP contribution in [0.3, 0.4) is 0 Å². The minimum Gasteiger partial charge on any atom is -0.370 e. The van der Waals surface area contributed by atoms with E-state index in [1.54, 1.807) is 13.3 Å². The molecule has 2 rings (SSSR count). The summed E-state index contributed by atoms with van der Waals surface area (Å²) in [5, 5.41) is 6.45. The second-order valence-corrected chi connectivity index (χ2v) is 5.18. The molecule has 5 heteroatoms. The number of rotatable bonds is 8. The van der Waals surface area contributed by atoms with Gasteiger partial charge < -0.3 is 10.6 Å². The number of carbonyl (C=O) groups excluding carboxylic acids is 1. The van der Waals surface area contributed by atoms with Crippen LogP contribution in [-0.2, 0) is 4.79 Å². The number of ketones is 1. The van der Waals surface area contributed by atoms with Crippen LogP contribution in [0.1, 0.15) is 39.0 Å². The highest BCUT2D eigenvalue weighted by Gasteiger charge is 2.16. The summed E-state index contributed by atoms with van der Waals surface area (Å²) in [5.41, 5.74) is 0. The fraction of sp³-hybridized carbons (Fsp3) is 0.643. The smallest absolute Gasteiger partial charge is 0.131 e. The Kier molecular flexibility index (Phi) is 5.12. The average Bonchev–Trinajstić information content (AvgIpc) is 2.32. The minimum absolute atomic E-state index is 0.181. The predicted octanol–water partition coefficient (Wildman–Crippen LogP) is 2.47. The lowest BCUT2D eigenvalue weighted by molar-refractivity contribution is -0.116. The molecule has 1 aromatic rings. The minimum atomic E-state index is 0.181. The van der Waals surface area contributed by atoms with Gasteiger partial charge in [-0.25, -0.2) is 9.97 Å². The molecule has 0 radical (unpaired) electrons. The highest BCUT2D eigenvalue weighted by atomic mass is 16.1. The molecule has 5 nitrogen and oxygen atoms in total. The molecule has 1 aliphatic rings. The van der Waals surface area contributed by atoms with Crippen molar-refractivity contribution in [3.05, 3.63) is 12.4 Å². The van der Waals surface area contributed by atoms with Gasteiger partial charge in [-0.1, -0.05) is 19.3 Å². The summed E-state index contributed by atoms with van der Waals surface area (Å²) in [5.74, 6) is 2.70. The van der Waals surface area contributed by atoms with Gasteiger partial charge >= 0.3 is 0 Å². The molecule has 0 saturated heterocycles. The lowest BCUT2D eigenvalue weighted by Gasteiger charge is -2.25. The molecule has 1 saturated carbocycles. The number of hydrogen-bond acceptors (Lipinski definition) is 5. The van der Waals surface area contributed by atoms with Gasteiger partial charge in [0.05, 0.1) is 0 Å². The van der Waals surface area contributed by atoms with E-state index in [2.05, 4.69) is 20.6 Å². The fourth-order valence-electron chi connectivity index (χ4n) is 2.10. The van der Waals surface area contributed by atoms with Crippen molar-refractivity contribution in [1.29, 1.82) is 0 Å². The van der Waals surface area contributed by atoms with Crippen molar-refractivity contribution in [2.75, 3.05) is 23.7 Å². The monoisotopic (exact) mass is 262 g/mol. The van der Waals surface area contributed by atoms with E-state index in [1.165, 1.54) is 25.7 Å². The van der Waals surface area contributed by atoms with Gasteiger partial charge in [0.15, 0.2) is 0 Å². The first-order chi connectivity index (χ1) is 9.24. The lowest BCUT2D eigenvalue weighted by Crippen LogP contribution is -2.16. The van der Waals surface area contributed by atoms with E-state index < -0.39 is 0 Å². The molecule has 2 N–H and O–H groups in total. The molecule has 0 bridgehead atoms. The molecule has 0 aliphatic heterocycles. The molecule has 1 heterocycles. The van der Waals surface area contributed by atoms with Crippen molar-refractivity contribution < 1.29 is 4.79 Å². The molecule has 0 amide bonds. The number of hydrogen-bond donors (Lipinski definition) is 2. The number of nitrogens with one attached hydrogen (secondary N) is 2. The van der Waals surface area contributed by atoms with E-state index in [0.717, 1.165) is 24.1 Å². The van der Waals surface area contributed by atoms with Crippen molar-refractivity contribution in [2.24, 2.45) is 5.92 Å². The number of carbonyl (C=O) groups is 1. The van der Waals surface area contributed by atoms with Crippen molar-refractivity contribution in [3.8, 4) is 0 Å². The number of anilines is 2. The van der Waals surface area contributed by atoms with Crippen LogP contribution >= 0.6 is 0 Å². The third-order valence-electron chi connectivity index (χ3n) is 3.53. The molecule has 0 aromatic carbocycles. The van der Waals surface area contributed by atoms with Crippen LogP contribution in [0.5, 0.6) is 0 Å². The van der Waals surface area contributed by atoms with E-state index in [1.807, 2.05) is 6.07 Å². The number of nitrogens with zero attached hydrogens (tertiary/aromatic N) is 2. The molecule has 0 unspecified atom stereocenters. The Labute approximate surface area is 114 Å². The topological polar surface area (TPSA) is 66.9 Å². The molecule has 0 spiro atoms. The molecular formula is C14H22N4O. The van der Waals surface area contributed by atoms with Gasteiger partial charge in [-0.3, -0.25) is 4.79 Å². The first kappa shape index (κ1) is 13.8. The highest BCUT2D eigenvalue weighted by molar-refractivity contribution is 5.75. The van der Waals surface area contributed by atoms with Crippen LogP contribution in [0.15, 0.2) is 12.4 Å². The zero-order valence-electron chi connectivity index (χ0n) is 11.5. The maximum Gasteiger partial charge on any atom is 0.131 e. The van der Waals surface area contributed by atoms with Crippen LogP contribution in [-0.4, -0.2) is 28.8 Å². The SMILES string of the molecule is CC(=O)CCNc1cc(NCCC2CCC2)ncn1. The molecule has 1 aliphatic carbocycles. The average molecular weight is 262 g/mol. The Morgan fingerprint density at radius 3 is 2.53 bits per heavy atom. The Bertz CT molecular complexity index is 418. The summed E-state index contributed by atoms with van der Waals surface area (Å²) in [6.07, 6.45) is 7.43. The van der Waals surface area contributed by atoms with Crippen molar-refractivity contribution in [1.82, 2.24) is 9.97 Å². The Morgan fingerprint density at radius 2 is 1.95 bits per heavy atom. The highest BCUT2D eigenvalue weighted by Crippen LogP contribution is 2.29. The molecule has 0 atom stereocenters. The summed E-state index contributed by atoms with van der Waals surface area (Å²) < 4.78 is 0. The summed E-state index contributed by atoms with van der Waals surface area (Å²) in [7, 11) is 0. The van der Waals surface area contributed by atoms with Gasteiger partial charge in [-0.05, 0) is 19.3 Å². The van der Waals surface area contributed by atoms with Crippen LogP contribution in [0.4, 0.5) is 11.6 Å². The van der Waals surface area contributed by atoms with Crippen LogP contribution in [0, 0.1) is 5.92 Å². The van der Waals surface area contributed by atoms with E-state index >= 15 is 0 Å². The van der Waals surface area contributed by atoms with Gasteiger partial charge in [0.2, 0.25) is 0 Å². The van der Waals surface area contributed by atoms with E-state index in [4.69, 9.17) is 0 Å². The predicted molar refractivity (Wildman–Crippen MR) is 76.3 cm³/mol. The fourth-order valence-corrected chi connectivity index (χ4v) is 2.10. The van der Waals surface area contributed by atoms with Gasteiger partial charge in [0.1, 0.15) is 23.7 Å². The van der Waals surface area contributed by atoms with E-state index in [0.29, 0.717) is 13.0 Å². The molecule has 1 fully saturated rings. The number of Topliss-reactive ketones (excluding diaryl/α,β-unsaturated/α-hetero) is 1.